The van der Waals surface area contributed by atoms with Crippen LogP contribution in [0.4, 0.5) is 0 Å². The first kappa shape index (κ1) is 22.2. The summed E-state index contributed by atoms with van der Waals surface area (Å²) >= 11 is 0. The molecule has 1 aliphatic heterocycles. The van der Waals surface area contributed by atoms with Gasteiger partial charge in [0.15, 0.2) is 0 Å². The van der Waals surface area contributed by atoms with Crippen molar-refractivity contribution in [1.82, 2.24) is 9.88 Å². The van der Waals surface area contributed by atoms with E-state index in [4.69, 9.17) is 4.74 Å². The molecule has 0 saturated carbocycles. The summed E-state index contributed by atoms with van der Waals surface area (Å²) in [6.07, 6.45) is 3.27. The quantitative estimate of drug-likeness (QED) is 0.339. The van der Waals surface area contributed by atoms with Gasteiger partial charge in [-0.05, 0) is 101 Å². The van der Waals surface area contributed by atoms with Gasteiger partial charge < -0.3 is 9.72 Å². The van der Waals surface area contributed by atoms with Crippen molar-refractivity contribution in [2.24, 2.45) is 5.92 Å². The van der Waals surface area contributed by atoms with E-state index in [2.05, 4.69) is 90.5 Å². The number of fused-ring (bicyclic) bond motifs is 2. The van der Waals surface area contributed by atoms with Crippen LogP contribution in [0.3, 0.4) is 0 Å². The van der Waals surface area contributed by atoms with Gasteiger partial charge in [0.05, 0.1) is 7.11 Å². The third-order valence-corrected chi connectivity index (χ3v) is 7.73. The maximum absolute atomic E-state index is 5.58. The number of hydrogen-bond acceptors (Lipinski definition) is 2. The van der Waals surface area contributed by atoms with Crippen LogP contribution in [0.5, 0.6) is 5.75 Å². The van der Waals surface area contributed by atoms with Gasteiger partial charge in [-0.15, -0.1) is 0 Å². The number of hydrogen-bond donors (Lipinski definition) is 1. The van der Waals surface area contributed by atoms with Crippen LogP contribution >= 0.6 is 0 Å². The van der Waals surface area contributed by atoms with E-state index in [1.54, 1.807) is 7.11 Å². The molecule has 0 radical (unpaired) electrons. The van der Waals surface area contributed by atoms with E-state index in [1.165, 1.54) is 68.6 Å². The summed E-state index contributed by atoms with van der Waals surface area (Å²) in [5.74, 6) is 1.76. The Hall–Kier alpha value is -3.30. The van der Waals surface area contributed by atoms with Crippen LogP contribution in [0, 0.1) is 12.8 Å². The number of allylic oxidation sites excluding steroid dienone is 1. The highest BCUT2D eigenvalue weighted by atomic mass is 16.5. The normalized spacial score (nSPS) is 16.8. The molecule has 0 amide bonds. The third kappa shape index (κ3) is 4.19. The van der Waals surface area contributed by atoms with Crippen LogP contribution in [0.15, 0.2) is 66.7 Å². The number of nitrogens with zero attached hydrogens (tertiary/aromatic N) is 1. The lowest BCUT2D eigenvalue weighted by molar-refractivity contribution is 0.103. The number of nitrogens with one attached hydrogen (secondary N) is 1. The molecule has 3 nitrogen and oxygen atoms in total. The molecule has 0 spiro atoms. The second-order valence-corrected chi connectivity index (χ2v) is 10.4. The maximum Gasteiger partial charge on any atom is 0.119 e. The van der Waals surface area contributed by atoms with Gasteiger partial charge in [0, 0.05) is 36.2 Å². The number of rotatable bonds is 5. The molecule has 0 atom stereocenters. The van der Waals surface area contributed by atoms with Gasteiger partial charge in [-0.3, -0.25) is 4.90 Å². The smallest absolute Gasteiger partial charge is 0.119 e. The van der Waals surface area contributed by atoms with E-state index in [-0.39, 0.29) is 0 Å². The number of methoxy groups -OCH3 is 1. The number of aryl methyl sites for hydroxylation is 2. The van der Waals surface area contributed by atoms with Gasteiger partial charge in [0.25, 0.3) is 0 Å². The molecule has 0 bridgehead atoms. The molecule has 1 fully saturated rings. The summed E-state index contributed by atoms with van der Waals surface area (Å²) in [6, 6.07) is 24.8. The van der Waals surface area contributed by atoms with Crippen molar-refractivity contribution in [2.45, 2.75) is 39.7 Å². The summed E-state index contributed by atoms with van der Waals surface area (Å²) in [6.45, 7) is 7.97. The van der Waals surface area contributed by atoms with Crippen molar-refractivity contribution in [1.29, 1.82) is 0 Å². The molecule has 178 valence electrons. The summed E-state index contributed by atoms with van der Waals surface area (Å²) < 4.78 is 5.58. The SMILES string of the molecule is COc1ccc2c(c1)CCCC(c1ccccc1C)=C2c1ccc2[nH]c(CN3CC(C)C3)cc2c1. The molecule has 4 aromatic rings. The van der Waals surface area contributed by atoms with E-state index in [1.807, 2.05) is 0 Å². The third-order valence-electron chi connectivity index (χ3n) is 7.73. The predicted octanol–water partition coefficient (Wildman–Crippen LogP) is 7.23. The zero-order valence-corrected chi connectivity index (χ0v) is 21.0. The number of H-pyrrole nitrogens is 1. The molecule has 3 heteroatoms. The Kier molecular flexibility index (Phi) is 5.74. The summed E-state index contributed by atoms with van der Waals surface area (Å²) in [5, 5.41) is 1.29. The molecule has 1 aliphatic carbocycles. The summed E-state index contributed by atoms with van der Waals surface area (Å²) in [5.41, 5.74) is 12.1. The van der Waals surface area contributed by atoms with Gasteiger partial charge in [-0.25, -0.2) is 0 Å². The van der Waals surface area contributed by atoms with Gasteiger partial charge in [-0.1, -0.05) is 43.3 Å². The molecule has 6 rings (SSSR count). The average Bonchev–Trinajstić information content (AvgIpc) is 3.15. The minimum absolute atomic E-state index is 0.826. The van der Waals surface area contributed by atoms with Crippen molar-refractivity contribution in [3.8, 4) is 5.75 Å². The number of benzene rings is 3. The number of likely N-dealkylation sites (tertiary alicyclic amines) is 1. The van der Waals surface area contributed by atoms with Gasteiger partial charge >= 0.3 is 0 Å². The van der Waals surface area contributed by atoms with Gasteiger partial charge in [-0.2, -0.15) is 0 Å². The lowest BCUT2D eigenvalue weighted by Crippen LogP contribution is -2.44. The number of aromatic amines is 1. The zero-order valence-electron chi connectivity index (χ0n) is 21.0. The van der Waals surface area contributed by atoms with Crippen molar-refractivity contribution in [3.63, 3.8) is 0 Å². The van der Waals surface area contributed by atoms with Crippen LogP contribution in [0.1, 0.15) is 53.3 Å². The Morgan fingerprint density at radius 2 is 1.80 bits per heavy atom. The van der Waals surface area contributed by atoms with Gasteiger partial charge in [0.1, 0.15) is 5.75 Å². The molecule has 1 aromatic heterocycles. The second kappa shape index (κ2) is 9.05. The molecule has 35 heavy (non-hydrogen) atoms. The average molecular weight is 463 g/mol. The van der Waals surface area contributed by atoms with Crippen LogP contribution in [-0.2, 0) is 13.0 Å². The molecule has 1 N–H and O–H groups in total. The fourth-order valence-corrected chi connectivity index (χ4v) is 6.03. The van der Waals surface area contributed by atoms with Crippen molar-refractivity contribution < 1.29 is 4.74 Å². The van der Waals surface area contributed by atoms with Crippen LogP contribution in [-0.4, -0.2) is 30.1 Å². The van der Waals surface area contributed by atoms with Crippen LogP contribution in [0.2, 0.25) is 0 Å². The number of aromatic nitrogens is 1. The van der Waals surface area contributed by atoms with Gasteiger partial charge in [0.2, 0.25) is 0 Å². The Balaban J connectivity index is 1.50. The molecule has 2 aliphatic rings. The van der Waals surface area contributed by atoms with E-state index in [9.17, 15) is 0 Å². The standard InChI is InChI=1S/C32H34N2O/c1-21-18-34(19-21)20-26-16-25-15-24(11-14-31(25)33-26)32-29-13-12-27(35-3)17-23(29)8-6-10-30(32)28-9-5-4-7-22(28)2/h4-5,7,9,11-17,21,33H,6,8,10,18-20H2,1-3H3. The summed E-state index contributed by atoms with van der Waals surface area (Å²) in [7, 11) is 1.76. The summed E-state index contributed by atoms with van der Waals surface area (Å²) in [4.78, 5) is 6.18. The monoisotopic (exact) mass is 462 g/mol. The first-order valence-corrected chi connectivity index (χ1v) is 12.9. The Bertz CT molecular complexity index is 1420. The molecular weight excluding hydrogens is 428 g/mol. The van der Waals surface area contributed by atoms with E-state index >= 15 is 0 Å². The van der Waals surface area contributed by atoms with Crippen molar-refractivity contribution >= 4 is 22.0 Å². The number of ether oxygens (including phenoxy) is 1. The van der Waals surface area contributed by atoms with E-state index in [0.29, 0.717) is 0 Å². The Morgan fingerprint density at radius 1 is 0.943 bits per heavy atom. The molecule has 2 heterocycles. The first-order valence-electron chi connectivity index (χ1n) is 12.9. The highest BCUT2D eigenvalue weighted by Gasteiger charge is 2.24. The van der Waals surface area contributed by atoms with Crippen LogP contribution in [0.25, 0.3) is 22.0 Å². The van der Waals surface area contributed by atoms with Crippen LogP contribution < -0.4 is 4.74 Å². The van der Waals surface area contributed by atoms with Crippen molar-refractivity contribution in [2.75, 3.05) is 20.2 Å². The van der Waals surface area contributed by atoms with Crippen molar-refractivity contribution in [3.05, 3.63) is 100 Å². The maximum atomic E-state index is 5.58. The predicted molar refractivity (Wildman–Crippen MR) is 146 cm³/mol. The minimum atomic E-state index is 0.826. The largest absolute Gasteiger partial charge is 0.497 e. The first-order chi connectivity index (χ1) is 17.1. The molecule has 1 saturated heterocycles. The fraction of sp³-hybridized carbons (Fsp3) is 0.312. The highest BCUT2D eigenvalue weighted by molar-refractivity contribution is 6.02. The Morgan fingerprint density at radius 3 is 2.60 bits per heavy atom. The lowest BCUT2D eigenvalue weighted by Gasteiger charge is -2.36. The fourth-order valence-electron chi connectivity index (χ4n) is 6.03. The highest BCUT2D eigenvalue weighted by Crippen LogP contribution is 2.42. The second-order valence-electron chi connectivity index (χ2n) is 10.4. The molecule has 3 aromatic carbocycles. The zero-order chi connectivity index (χ0) is 23.9. The Labute approximate surface area is 208 Å². The minimum Gasteiger partial charge on any atom is -0.497 e. The van der Waals surface area contributed by atoms with E-state index in [0.717, 1.165) is 37.5 Å². The molecule has 0 unspecified atom stereocenters. The topological polar surface area (TPSA) is 28.3 Å². The van der Waals surface area contributed by atoms with E-state index < -0.39 is 0 Å². The lowest BCUT2D eigenvalue weighted by atomic mass is 9.86. The molecular formula is C32H34N2O.